The van der Waals surface area contributed by atoms with E-state index in [1.807, 2.05) is 0 Å². The van der Waals surface area contributed by atoms with Crippen LogP contribution in [0.25, 0.3) is 0 Å². The van der Waals surface area contributed by atoms with Crippen LogP contribution in [0.2, 0.25) is 0 Å². The molecule has 0 heterocycles. The van der Waals surface area contributed by atoms with Gasteiger partial charge in [-0.05, 0) is 60.2 Å². The lowest BCUT2D eigenvalue weighted by Gasteiger charge is -2.17. The van der Waals surface area contributed by atoms with Gasteiger partial charge in [0.15, 0.2) is 0 Å². The number of allylic oxidation sites excluding steroid dienone is 4. The molecule has 0 spiro atoms. The lowest BCUT2D eigenvalue weighted by molar-refractivity contribution is 0.343. The van der Waals surface area contributed by atoms with E-state index < -0.39 is 0 Å². The summed E-state index contributed by atoms with van der Waals surface area (Å²) in [5.74, 6) is 0.837. The monoisotopic (exact) mass is 223 g/mol. The summed E-state index contributed by atoms with van der Waals surface area (Å²) in [6, 6.07) is 0. The van der Waals surface area contributed by atoms with E-state index >= 15 is 0 Å². The predicted molar refractivity (Wildman–Crippen MR) is 74.8 cm³/mol. The van der Waals surface area contributed by atoms with Crippen molar-refractivity contribution in [1.82, 2.24) is 4.90 Å². The van der Waals surface area contributed by atoms with Gasteiger partial charge in [-0.3, -0.25) is 0 Å². The molecular formula is C15H29N. The van der Waals surface area contributed by atoms with Crippen molar-refractivity contribution in [3.05, 3.63) is 23.3 Å². The van der Waals surface area contributed by atoms with Crippen LogP contribution in [0.4, 0.5) is 0 Å². The zero-order valence-corrected chi connectivity index (χ0v) is 12.0. The quantitative estimate of drug-likeness (QED) is 0.583. The van der Waals surface area contributed by atoms with E-state index in [-0.39, 0.29) is 0 Å². The number of nitrogens with zero attached hydrogens (tertiary/aromatic N) is 1. The lowest BCUT2D eigenvalue weighted by Crippen LogP contribution is -2.16. The Hall–Kier alpha value is -0.560. The highest BCUT2D eigenvalue weighted by atomic mass is 15.0. The van der Waals surface area contributed by atoms with Crippen molar-refractivity contribution in [2.45, 2.75) is 47.0 Å². The van der Waals surface area contributed by atoms with Crippen LogP contribution in [0.1, 0.15) is 47.0 Å². The smallest absolute Gasteiger partial charge is 0.00221 e. The molecule has 0 aliphatic carbocycles. The Morgan fingerprint density at radius 2 is 1.75 bits per heavy atom. The molecule has 0 fully saturated rings. The molecule has 0 bridgehead atoms. The summed E-state index contributed by atoms with van der Waals surface area (Å²) in [5, 5.41) is 0. The maximum Gasteiger partial charge on any atom is -0.00221 e. The molecule has 0 aromatic heterocycles. The fourth-order valence-corrected chi connectivity index (χ4v) is 1.72. The largest absolute Gasteiger partial charge is 0.309 e. The molecule has 0 aliphatic rings. The van der Waals surface area contributed by atoms with Crippen molar-refractivity contribution in [2.24, 2.45) is 5.92 Å². The van der Waals surface area contributed by atoms with Gasteiger partial charge in [-0.2, -0.15) is 0 Å². The van der Waals surface area contributed by atoms with E-state index in [4.69, 9.17) is 0 Å². The van der Waals surface area contributed by atoms with Gasteiger partial charge >= 0.3 is 0 Å². The topological polar surface area (TPSA) is 3.24 Å². The third kappa shape index (κ3) is 8.72. The maximum atomic E-state index is 2.30. The van der Waals surface area contributed by atoms with Crippen LogP contribution < -0.4 is 0 Å². The molecule has 0 N–H and O–H groups in total. The Kier molecular flexibility index (Phi) is 8.28. The minimum absolute atomic E-state index is 0.837. The zero-order valence-electron chi connectivity index (χ0n) is 12.0. The van der Waals surface area contributed by atoms with Gasteiger partial charge in [-0.15, -0.1) is 0 Å². The second-order valence-electron chi connectivity index (χ2n) is 5.33. The average Bonchev–Trinajstić information content (AvgIpc) is 2.20. The van der Waals surface area contributed by atoms with Crippen molar-refractivity contribution in [3.63, 3.8) is 0 Å². The molecule has 1 heteroatoms. The molecule has 0 amide bonds. The van der Waals surface area contributed by atoms with Gasteiger partial charge in [-0.25, -0.2) is 0 Å². The molecule has 1 unspecified atom stereocenters. The summed E-state index contributed by atoms with van der Waals surface area (Å²) >= 11 is 0. The highest BCUT2D eigenvalue weighted by Crippen LogP contribution is 2.19. The molecule has 1 nitrogen and oxygen atoms in total. The Morgan fingerprint density at radius 3 is 2.19 bits per heavy atom. The maximum absolute atomic E-state index is 2.30. The normalized spacial score (nSPS) is 14.1. The fraction of sp³-hybridized carbons (Fsp3) is 0.733. The minimum Gasteiger partial charge on any atom is -0.309 e. The highest BCUT2D eigenvalue weighted by Gasteiger charge is 2.07. The molecule has 0 aromatic carbocycles. The van der Waals surface area contributed by atoms with Crippen LogP contribution >= 0.6 is 0 Å². The lowest BCUT2D eigenvalue weighted by atomic mass is 9.94. The Balaban J connectivity index is 4.11. The van der Waals surface area contributed by atoms with Gasteiger partial charge < -0.3 is 4.90 Å². The molecule has 16 heavy (non-hydrogen) atoms. The molecule has 0 saturated heterocycles. The summed E-state index contributed by atoms with van der Waals surface area (Å²) in [6.07, 6.45) is 8.33. The van der Waals surface area contributed by atoms with Gasteiger partial charge in [0.05, 0.1) is 0 Å². The standard InChI is InChI=1S/C15H29N/c1-7-15(10-11-16(5)6)12-14(4)9-8-13(2)3/h8-9,15H,7,10-12H2,1-6H3. The van der Waals surface area contributed by atoms with E-state index in [2.05, 4.69) is 58.8 Å². The summed E-state index contributed by atoms with van der Waals surface area (Å²) < 4.78 is 0. The summed E-state index contributed by atoms with van der Waals surface area (Å²) in [5.41, 5.74) is 2.88. The molecule has 0 aromatic rings. The Morgan fingerprint density at radius 1 is 1.12 bits per heavy atom. The first-order chi connectivity index (χ1) is 7.45. The summed E-state index contributed by atoms with van der Waals surface area (Å²) in [4.78, 5) is 2.28. The Labute approximate surface area is 102 Å². The predicted octanol–water partition coefficient (Wildman–Crippen LogP) is 4.27. The molecule has 0 radical (unpaired) electrons. The van der Waals surface area contributed by atoms with Crippen molar-refractivity contribution >= 4 is 0 Å². The third-order valence-electron chi connectivity index (χ3n) is 2.87. The van der Waals surface area contributed by atoms with Crippen LogP contribution in [-0.4, -0.2) is 25.5 Å². The van der Waals surface area contributed by atoms with Gasteiger partial charge in [0.2, 0.25) is 0 Å². The van der Waals surface area contributed by atoms with E-state index in [0.29, 0.717) is 0 Å². The molecular weight excluding hydrogens is 194 g/mol. The zero-order chi connectivity index (χ0) is 12.6. The molecule has 0 rings (SSSR count). The number of rotatable bonds is 7. The van der Waals surface area contributed by atoms with Crippen molar-refractivity contribution < 1.29 is 0 Å². The summed E-state index contributed by atoms with van der Waals surface area (Å²) in [7, 11) is 4.30. The first-order valence-corrected chi connectivity index (χ1v) is 6.41. The van der Waals surface area contributed by atoms with E-state index in [0.717, 1.165) is 5.92 Å². The van der Waals surface area contributed by atoms with Crippen LogP contribution in [0.15, 0.2) is 23.3 Å². The van der Waals surface area contributed by atoms with E-state index in [1.54, 1.807) is 0 Å². The van der Waals surface area contributed by atoms with E-state index in [1.165, 1.54) is 37.0 Å². The van der Waals surface area contributed by atoms with Crippen molar-refractivity contribution in [1.29, 1.82) is 0 Å². The average molecular weight is 223 g/mol. The molecule has 94 valence electrons. The summed E-state index contributed by atoms with van der Waals surface area (Å²) in [6.45, 7) is 10.0. The Bertz CT molecular complexity index is 232. The molecule has 1 atom stereocenters. The first-order valence-electron chi connectivity index (χ1n) is 6.41. The van der Waals surface area contributed by atoms with Crippen LogP contribution in [0.5, 0.6) is 0 Å². The van der Waals surface area contributed by atoms with Crippen LogP contribution in [0, 0.1) is 5.92 Å². The van der Waals surface area contributed by atoms with E-state index in [9.17, 15) is 0 Å². The highest BCUT2D eigenvalue weighted by molar-refractivity contribution is 5.14. The van der Waals surface area contributed by atoms with Gasteiger partial charge in [0.25, 0.3) is 0 Å². The first kappa shape index (κ1) is 15.4. The fourth-order valence-electron chi connectivity index (χ4n) is 1.72. The van der Waals surface area contributed by atoms with Crippen molar-refractivity contribution in [2.75, 3.05) is 20.6 Å². The third-order valence-corrected chi connectivity index (χ3v) is 2.87. The molecule has 0 aliphatic heterocycles. The van der Waals surface area contributed by atoms with Gasteiger partial charge in [0, 0.05) is 0 Å². The number of hydrogen-bond acceptors (Lipinski definition) is 1. The van der Waals surface area contributed by atoms with Gasteiger partial charge in [0.1, 0.15) is 0 Å². The van der Waals surface area contributed by atoms with Crippen LogP contribution in [0.3, 0.4) is 0 Å². The molecule has 0 saturated carbocycles. The van der Waals surface area contributed by atoms with Crippen LogP contribution in [-0.2, 0) is 0 Å². The minimum atomic E-state index is 0.837. The number of hydrogen-bond donors (Lipinski definition) is 0. The van der Waals surface area contributed by atoms with Gasteiger partial charge in [-0.1, -0.05) is 36.6 Å². The second kappa shape index (κ2) is 8.58. The van der Waals surface area contributed by atoms with Crippen molar-refractivity contribution in [3.8, 4) is 0 Å². The SMILES string of the molecule is CCC(CCN(C)C)CC(C)=CC=C(C)C. The second-order valence-corrected chi connectivity index (χ2v) is 5.33.